The maximum atomic E-state index is 3.56. The fourth-order valence-corrected chi connectivity index (χ4v) is 2.68. The van der Waals surface area contributed by atoms with Gasteiger partial charge in [0.2, 0.25) is 0 Å². The maximum absolute atomic E-state index is 3.56. The predicted octanol–water partition coefficient (Wildman–Crippen LogP) is 1.91. The first-order chi connectivity index (χ1) is 6.30. The highest BCUT2D eigenvalue weighted by molar-refractivity contribution is 5.61. The largest absolute Gasteiger partial charge is 0.367 e. The molecule has 0 spiro atoms. The minimum atomic E-state index is 0.115. The van der Waals surface area contributed by atoms with E-state index in [0.717, 1.165) is 6.54 Å². The topological polar surface area (TPSA) is 24.1 Å². The molecule has 0 radical (unpaired) electrons. The maximum Gasteiger partial charge on any atom is 0.0924 e. The van der Waals surface area contributed by atoms with E-state index in [9.17, 15) is 0 Å². The Morgan fingerprint density at radius 1 is 1.38 bits per heavy atom. The average Bonchev–Trinajstić information content (AvgIpc) is 2.58. The molecule has 2 aliphatic rings. The molecule has 2 unspecified atom stereocenters. The molecule has 0 aromatic heterocycles. The van der Waals surface area contributed by atoms with Crippen molar-refractivity contribution in [1.82, 2.24) is 5.32 Å². The summed E-state index contributed by atoms with van der Waals surface area (Å²) in [5.74, 6) is 0.656. The molecule has 1 aromatic carbocycles. The molecule has 68 valence electrons. The molecule has 0 aliphatic carbocycles. The summed E-state index contributed by atoms with van der Waals surface area (Å²) in [6, 6.07) is 8.63. The highest BCUT2D eigenvalue weighted by Crippen LogP contribution is 2.45. The van der Waals surface area contributed by atoms with Gasteiger partial charge in [0.05, 0.1) is 5.66 Å². The Morgan fingerprint density at radius 2 is 2.23 bits per heavy atom. The van der Waals surface area contributed by atoms with E-state index in [1.54, 1.807) is 0 Å². The summed E-state index contributed by atoms with van der Waals surface area (Å²) in [5.41, 5.74) is 2.90. The second-order valence-electron chi connectivity index (χ2n) is 4.18. The molecule has 2 N–H and O–H groups in total. The third-order valence-corrected chi connectivity index (χ3v) is 3.35. The molecule has 2 heteroatoms. The van der Waals surface area contributed by atoms with Gasteiger partial charge in [0.15, 0.2) is 0 Å². The van der Waals surface area contributed by atoms with Gasteiger partial charge in [-0.2, -0.15) is 0 Å². The van der Waals surface area contributed by atoms with Crippen LogP contribution in [0.15, 0.2) is 24.3 Å². The van der Waals surface area contributed by atoms with Crippen molar-refractivity contribution in [3.63, 3.8) is 0 Å². The van der Waals surface area contributed by atoms with Crippen molar-refractivity contribution < 1.29 is 0 Å². The van der Waals surface area contributed by atoms with Crippen molar-refractivity contribution in [2.24, 2.45) is 0 Å². The predicted molar refractivity (Wildman–Crippen MR) is 53.8 cm³/mol. The molecule has 2 heterocycles. The van der Waals surface area contributed by atoms with Gasteiger partial charge in [-0.25, -0.2) is 0 Å². The van der Waals surface area contributed by atoms with Crippen LogP contribution in [-0.4, -0.2) is 12.2 Å². The lowest BCUT2D eigenvalue weighted by Gasteiger charge is -2.25. The fourth-order valence-electron chi connectivity index (χ4n) is 2.68. The van der Waals surface area contributed by atoms with Crippen LogP contribution in [0.3, 0.4) is 0 Å². The Kier molecular flexibility index (Phi) is 1.29. The second-order valence-corrected chi connectivity index (χ2v) is 4.18. The molecule has 1 saturated heterocycles. The smallest absolute Gasteiger partial charge is 0.0924 e. The molecular formula is C11H14N2. The first-order valence-corrected chi connectivity index (χ1v) is 4.92. The third-order valence-electron chi connectivity index (χ3n) is 3.35. The van der Waals surface area contributed by atoms with Crippen LogP contribution in [0, 0.1) is 0 Å². The molecule has 1 aromatic rings. The summed E-state index contributed by atoms with van der Waals surface area (Å²) in [6.45, 7) is 3.38. The van der Waals surface area contributed by atoms with E-state index in [0.29, 0.717) is 5.92 Å². The van der Waals surface area contributed by atoms with Gasteiger partial charge in [-0.3, -0.25) is 5.32 Å². The highest BCUT2D eigenvalue weighted by atomic mass is 15.2. The number of benzene rings is 1. The second kappa shape index (κ2) is 2.26. The Morgan fingerprint density at radius 3 is 3.15 bits per heavy atom. The van der Waals surface area contributed by atoms with Gasteiger partial charge < -0.3 is 5.32 Å². The zero-order valence-corrected chi connectivity index (χ0v) is 7.80. The Hall–Kier alpha value is -1.02. The van der Waals surface area contributed by atoms with Crippen molar-refractivity contribution >= 4 is 5.69 Å². The van der Waals surface area contributed by atoms with Gasteiger partial charge in [0.25, 0.3) is 0 Å². The van der Waals surface area contributed by atoms with Crippen LogP contribution in [0.25, 0.3) is 0 Å². The average molecular weight is 174 g/mol. The van der Waals surface area contributed by atoms with Crippen LogP contribution < -0.4 is 10.6 Å². The molecule has 0 bridgehead atoms. The quantitative estimate of drug-likeness (QED) is 0.627. The first kappa shape index (κ1) is 7.39. The zero-order valence-electron chi connectivity index (χ0n) is 7.80. The number of rotatable bonds is 0. The van der Waals surface area contributed by atoms with Crippen molar-refractivity contribution in [1.29, 1.82) is 0 Å². The molecule has 2 aliphatic heterocycles. The van der Waals surface area contributed by atoms with E-state index in [4.69, 9.17) is 0 Å². The van der Waals surface area contributed by atoms with E-state index >= 15 is 0 Å². The van der Waals surface area contributed by atoms with Gasteiger partial charge in [0.1, 0.15) is 0 Å². The Balaban J connectivity index is 2.13. The van der Waals surface area contributed by atoms with Gasteiger partial charge in [-0.1, -0.05) is 18.2 Å². The summed E-state index contributed by atoms with van der Waals surface area (Å²) >= 11 is 0. The van der Waals surface area contributed by atoms with E-state index in [1.165, 1.54) is 17.7 Å². The lowest BCUT2D eigenvalue weighted by molar-refractivity contribution is 0.449. The van der Waals surface area contributed by atoms with Crippen LogP contribution in [0.4, 0.5) is 5.69 Å². The number of hydrogen-bond acceptors (Lipinski definition) is 2. The minimum absolute atomic E-state index is 0.115. The molecule has 2 atom stereocenters. The van der Waals surface area contributed by atoms with Crippen LogP contribution in [0.1, 0.15) is 24.8 Å². The Labute approximate surface area is 78.3 Å². The summed E-state index contributed by atoms with van der Waals surface area (Å²) < 4.78 is 0. The normalized spacial score (nSPS) is 35.3. The Bertz CT molecular complexity index is 348. The van der Waals surface area contributed by atoms with Gasteiger partial charge in [0, 0.05) is 11.6 Å². The van der Waals surface area contributed by atoms with Crippen LogP contribution >= 0.6 is 0 Å². The number of hydrogen-bond donors (Lipinski definition) is 2. The molecule has 3 rings (SSSR count). The van der Waals surface area contributed by atoms with Crippen molar-refractivity contribution in [2.45, 2.75) is 24.9 Å². The summed E-state index contributed by atoms with van der Waals surface area (Å²) in [6.07, 6.45) is 1.25. The zero-order chi connectivity index (χ0) is 8.89. The summed E-state index contributed by atoms with van der Waals surface area (Å²) in [4.78, 5) is 0. The van der Waals surface area contributed by atoms with Crippen molar-refractivity contribution in [3.05, 3.63) is 29.8 Å². The third kappa shape index (κ3) is 0.866. The molecule has 13 heavy (non-hydrogen) atoms. The SMILES string of the molecule is CC12NCCC1c1ccccc1N2. The van der Waals surface area contributed by atoms with E-state index in [1.807, 2.05) is 0 Å². The van der Waals surface area contributed by atoms with Gasteiger partial charge >= 0.3 is 0 Å². The highest BCUT2D eigenvalue weighted by Gasteiger charge is 2.44. The van der Waals surface area contributed by atoms with Crippen molar-refractivity contribution in [3.8, 4) is 0 Å². The van der Waals surface area contributed by atoms with Crippen LogP contribution in [-0.2, 0) is 0 Å². The lowest BCUT2D eigenvalue weighted by Crippen LogP contribution is -2.44. The molecule has 2 nitrogen and oxygen atoms in total. The van der Waals surface area contributed by atoms with Crippen molar-refractivity contribution in [2.75, 3.05) is 11.9 Å². The summed E-state index contributed by atoms with van der Waals surface area (Å²) in [5, 5.41) is 7.09. The minimum Gasteiger partial charge on any atom is -0.367 e. The van der Waals surface area contributed by atoms with E-state index in [2.05, 4.69) is 41.8 Å². The lowest BCUT2D eigenvalue weighted by atomic mass is 9.92. The number of para-hydroxylation sites is 1. The number of anilines is 1. The van der Waals surface area contributed by atoms with Gasteiger partial charge in [-0.05, 0) is 31.5 Å². The number of fused-ring (bicyclic) bond motifs is 3. The molecule has 0 saturated carbocycles. The molecule has 0 amide bonds. The van der Waals surface area contributed by atoms with Gasteiger partial charge in [-0.15, -0.1) is 0 Å². The molecule has 1 fully saturated rings. The standard InChI is InChI=1S/C11H14N2/c1-11-9(6-7-12-11)8-4-2-3-5-10(8)13-11/h2-5,9,12-13H,6-7H2,1H3. The summed E-state index contributed by atoms with van der Waals surface area (Å²) in [7, 11) is 0. The fraction of sp³-hybridized carbons (Fsp3) is 0.455. The van der Waals surface area contributed by atoms with E-state index in [-0.39, 0.29) is 5.66 Å². The first-order valence-electron chi connectivity index (χ1n) is 4.92. The number of nitrogens with one attached hydrogen (secondary N) is 2. The molecular weight excluding hydrogens is 160 g/mol. The van der Waals surface area contributed by atoms with E-state index < -0.39 is 0 Å². The van der Waals surface area contributed by atoms with Crippen LogP contribution in [0.5, 0.6) is 0 Å². The van der Waals surface area contributed by atoms with Crippen LogP contribution in [0.2, 0.25) is 0 Å². The monoisotopic (exact) mass is 174 g/mol.